The number of rotatable bonds is 4. The SMILES string of the molecule is CN(Cc1nccs1)C(=O)C1CCN(S(C)(=O)=O)CC1. The Morgan fingerprint density at radius 1 is 1.50 bits per heavy atom. The van der Waals surface area contributed by atoms with Crippen LogP contribution in [0.5, 0.6) is 0 Å². The largest absolute Gasteiger partial charge is 0.339 e. The molecule has 0 bridgehead atoms. The van der Waals surface area contributed by atoms with Crippen LogP contribution in [0, 0.1) is 5.92 Å². The maximum absolute atomic E-state index is 12.3. The van der Waals surface area contributed by atoms with E-state index in [2.05, 4.69) is 4.98 Å². The number of thiazole rings is 1. The third-order valence-corrected chi connectivity index (χ3v) is 5.57. The second-order valence-electron chi connectivity index (χ2n) is 5.06. The summed E-state index contributed by atoms with van der Waals surface area (Å²) in [4.78, 5) is 18.2. The van der Waals surface area contributed by atoms with Gasteiger partial charge in [-0.05, 0) is 12.8 Å². The minimum absolute atomic E-state index is 0.0772. The summed E-state index contributed by atoms with van der Waals surface area (Å²) < 4.78 is 24.3. The summed E-state index contributed by atoms with van der Waals surface area (Å²) in [7, 11) is -1.37. The van der Waals surface area contributed by atoms with Crippen molar-refractivity contribution in [1.29, 1.82) is 0 Å². The molecule has 0 radical (unpaired) electrons. The number of carbonyl (C=O) groups excluding carboxylic acids is 1. The van der Waals surface area contributed by atoms with E-state index in [0.29, 0.717) is 32.5 Å². The Kier molecular flexibility index (Phi) is 4.77. The molecule has 0 atom stereocenters. The Morgan fingerprint density at radius 3 is 2.65 bits per heavy atom. The first kappa shape index (κ1) is 15.4. The molecule has 8 heteroatoms. The van der Waals surface area contributed by atoms with Gasteiger partial charge in [-0.25, -0.2) is 17.7 Å². The molecule has 0 N–H and O–H groups in total. The smallest absolute Gasteiger partial charge is 0.225 e. The minimum atomic E-state index is -3.14. The molecule has 1 aliphatic rings. The lowest BCUT2D eigenvalue weighted by atomic mass is 9.97. The van der Waals surface area contributed by atoms with Crippen LogP contribution in [0.15, 0.2) is 11.6 Å². The van der Waals surface area contributed by atoms with E-state index in [-0.39, 0.29) is 11.8 Å². The standard InChI is InChI=1S/C12H19N3O3S2/c1-14(9-11-13-5-8-19-11)12(16)10-3-6-15(7-4-10)20(2,17)18/h5,8,10H,3-4,6-7,9H2,1-2H3. The van der Waals surface area contributed by atoms with Crippen molar-refractivity contribution in [3.8, 4) is 0 Å². The lowest BCUT2D eigenvalue weighted by Gasteiger charge is -2.31. The number of sulfonamides is 1. The highest BCUT2D eigenvalue weighted by Gasteiger charge is 2.30. The van der Waals surface area contributed by atoms with Gasteiger partial charge in [0.05, 0.1) is 12.8 Å². The predicted octanol–water partition coefficient (Wildman–Crippen LogP) is 0.773. The zero-order valence-electron chi connectivity index (χ0n) is 11.7. The van der Waals surface area contributed by atoms with E-state index in [1.807, 2.05) is 5.38 Å². The maximum Gasteiger partial charge on any atom is 0.225 e. The molecule has 0 spiro atoms. The molecule has 0 unspecified atom stereocenters. The van der Waals surface area contributed by atoms with Crippen molar-refractivity contribution in [3.05, 3.63) is 16.6 Å². The fourth-order valence-corrected chi connectivity index (χ4v) is 3.90. The quantitative estimate of drug-likeness (QED) is 0.822. The molecule has 1 fully saturated rings. The third-order valence-electron chi connectivity index (χ3n) is 3.50. The molecule has 2 rings (SSSR count). The molecular formula is C12H19N3O3S2. The van der Waals surface area contributed by atoms with Gasteiger partial charge in [-0.2, -0.15) is 0 Å². The summed E-state index contributed by atoms with van der Waals surface area (Å²) in [5, 5.41) is 2.80. The first-order chi connectivity index (χ1) is 9.38. The molecule has 1 amide bonds. The van der Waals surface area contributed by atoms with Crippen molar-refractivity contribution in [2.24, 2.45) is 5.92 Å². The number of piperidine rings is 1. The van der Waals surface area contributed by atoms with E-state index in [4.69, 9.17) is 0 Å². The van der Waals surface area contributed by atoms with E-state index in [1.165, 1.54) is 21.9 Å². The first-order valence-corrected chi connectivity index (χ1v) is 9.19. The van der Waals surface area contributed by atoms with E-state index in [1.54, 1.807) is 18.1 Å². The lowest BCUT2D eigenvalue weighted by Crippen LogP contribution is -2.42. The molecule has 112 valence electrons. The molecule has 20 heavy (non-hydrogen) atoms. The van der Waals surface area contributed by atoms with Gasteiger partial charge in [-0.15, -0.1) is 11.3 Å². The van der Waals surface area contributed by atoms with E-state index >= 15 is 0 Å². The van der Waals surface area contributed by atoms with Gasteiger partial charge < -0.3 is 4.90 Å². The highest BCUT2D eigenvalue weighted by molar-refractivity contribution is 7.88. The van der Waals surface area contributed by atoms with Gasteiger partial charge in [0.25, 0.3) is 0 Å². The van der Waals surface area contributed by atoms with Crippen molar-refractivity contribution in [2.75, 3.05) is 26.4 Å². The molecule has 0 saturated carbocycles. The lowest BCUT2D eigenvalue weighted by molar-refractivity contribution is -0.135. The Labute approximate surface area is 123 Å². The van der Waals surface area contributed by atoms with Crippen molar-refractivity contribution in [1.82, 2.24) is 14.2 Å². The summed E-state index contributed by atoms with van der Waals surface area (Å²) in [5.41, 5.74) is 0. The van der Waals surface area contributed by atoms with Gasteiger partial charge in [0.2, 0.25) is 15.9 Å². The molecule has 1 aromatic heterocycles. The Bertz CT molecular complexity index is 549. The maximum atomic E-state index is 12.3. The van der Waals surface area contributed by atoms with Gasteiger partial charge in [-0.1, -0.05) is 0 Å². The van der Waals surface area contributed by atoms with Gasteiger partial charge in [0, 0.05) is 37.6 Å². The number of aromatic nitrogens is 1. The van der Waals surface area contributed by atoms with Crippen LogP contribution in [0.3, 0.4) is 0 Å². The average Bonchev–Trinajstić information content (AvgIpc) is 2.90. The fraction of sp³-hybridized carbons (Fsp3) is 0.667. The summed E-state index contributed by atoms with van der Waals surface area (Å²) in [6.07, 6.45) is 4.12. The van der Waals surface area contributed by atoms with Crippen LogP contribution in [-0.2, 0) is 21.4 Å². The minimum Gasteiger partial charge on any atom is -0.339 e. The Balaban J connectivity index is 1.88. The highest BCUT2D eigenvalue weighted by Crippen LogP contribution is 2.21. The Morgan fingerprint density at radius 2 is 2.15 bits per heavy atom. The molecule has 0 aliphatic carbocycles. The van der Waals surface area contributed by atoms with Gasteiger partial charge in [0.15, 0.2) is 0 Å². The first-order valence-electron chi connectivity index (χ1n) is 6.46. The second-order valence-corrected chi connectivity index (χ2v) is 8.02. The number of hydrogen-bond donors (Lipinski definition) is 0. The summed E-state index contributed by atoms with van der Waals surface area (Å²) >= 11 is 1.53. The molecule has 1 saturated heterocycles. The van der Waals surface area contributed by atoms with Crippen LogP contribution in [-0.4, -0.2) is 54.9 Å². The summed E-state index contributed by atoms with van der Waals surface area (Å²) in [6.45, 7) is 1.38. The summed E-state index contributed by atoms with van der Waals surface area (Å²) in [5.74, 6) is -0.00804. The molecule has 0 aromatic carbocycles. The monoisotopic (exact) mass is 317 g/mol. The number of amides is 1. The van der Waals surface area contributed by atoms with Gasteiger partial charge in [-0.3, -0.25) is 4.79 Å². The van der Waals surface area contributed by atoms with Crippen LogP contribution < -0.4 is 0 Å². The molecule has 2 heterocycles. The second kappa shape index (κ2) is 6.19. The topological polar surface area (TPSA) is 70.6 Å². The summed E-state index contributed by atoms with van der Waals surface area (Å²) in [6, 6.07) is 0. The van der Waals surface area contributed by atoms with Crippen molar-refractivity contribution in [3.63, 3.8) is 0 Å². The average molecular weight is 317 g/mol. The van der Waals surface area contributed by atoms with Crippen molar-refractivity contribution < 1.29 is 13.2 Å². The number of carbonyl (C=O) groups is 1. The fourth-order valence-electron chi connectivity index (χ4n) is 2.36. The number of hydrogen-bond acceptors (Lipinski definition) is 5. The predicted molar refractivity (Wildman–Crippen MR) is 77.7 cm³/mol. The van der Waals surface area contributed by atoms with E-state index < -0.39 is 10.0 Å². The van der Waals surface area contributed by atoms with Crippen LogP contribution in [0.25, 0.3) is 0 Å². The van der Waals surface area contributed by atoms with Crippen LogP contribution in [0.2, 0.25) is 0 Å². The van der Waals surface area contributed by atoms with Crippen molar-refractivity contribution in [2.45, 2.75) is 19.4 Å². The van der Waals surface area contributed by atoms with Crippen LogP contribution >= 0.6 is 11.3 Å². The number of nitrogens with zero attached hydrogens (tertiary/aromatic N) is 3. The van der Waals surface area contributed by atoms with E-state index in [0.717, 1.165) is 5.01 Å². The van der Waals surface area contributed by atoms with E-state index in [9.17, 15) is 13.2 Å². The third kappa shape index (κ3) is 3.77. The molecular weight excluding hydrogens is 298 g/mol. The van der Waals surface area contributed by atoms with Crippen molar-refractivity contribution >= 4 is 27.3 Å². The highest BCUT2D eigenvalue weighted by atomic mass is 32.2. The zero-order valence-corrected chi connectivity index (χ0v) is 13.3. The molecule has 1 aliphatic heterocycles. The Hall–Kier alpha value is -0.990. The van der Waals surface area contributed by atoms with Gasteiger partial charge in [0.1, 0.15) is 5.01 Å². The van der Waals surface area contributed by atoms with Gasteiger partial charge >= 0.3 is 0 Å². The normalized spacial score (nSPS) is 18.1. The van der Waals surface area contributed by atoms with Crippen LogP contribution in [0.4, 0.5) is 0 Å². The molecule has 6 nitrogen and oxygen atoms in total. The molecule has 1 aromatic rings. The van der Waals surface area contributed by atoms with Crippen LogP contribution in [0.1, 0.15) is 17.8 Å². The zero-order chi connectivity index (χ0) is 14.8.